The van der Waals surface area contributed by atoms with Crippen LogP contribution >= 0.6 is 0 Å². The van der Waals surface area contributed by atoms with E-state index in [1.165, 1.54) is 6.42 Å². The second-order valence-corrected chi connectivity index (χ2v) is 5.10. The van der Waals surface area contributed by atoms with E-state index < -0.39 is 0 Å². The van der Waals surface area contributed by atoms with Crippen LogP contribution in [0.25, 0.3) is 0 Å². The van der Waals surface area contributed by atoms with Crippen LogP contribution in [0.4, 0.5) is 5.82 Å². The maximum Gasteiger partial charge on any atom is 0.151 e. The maximum absolute atomic E-state index is 4.19. The number of rotatable bonds is 4. The van der Waals surface area contributed by atoms with Crippen molar-refractivity contribution in [3.05, 3.63) is 30.2 Å². The van der Waals surface area contributed by atoms with Gasteiger partial charge in [0.15, 0.2) is 5.82 Å². The predicted molar refractivity (Wildman–Crippen MR) is 75.1 cm³/mol. The Morgan fingerprint density at radius 3 is 3.10 bits per heavy atom. The van der Waals surface area contributed by atoms with Crippen LogP contribution in [-0.2, 0) is 13.6 Å². The van der Waals surface area contributed by atoms with Gasteiger partial charge in [-0.05, 0) is 25.0 Å². The van der Waals surface area contributed by atoms with Gasteiger partial charge in [0.05, 0.1) is 11.9 Å². The van der Waals surface area contributed by atoms with Crippen LogP contribution in [0.2, 0.25) is 0 Å². The molecule has 3 rings (SSSR count). The molecule has 1 atom stereocenters. The number of piperidine rings is 1. The fraction of sp³-hybridized carbons (Fsp3) is 0.538. The topological polar surface area (TPSA) is 71.8 Å². The van der Waals surface area contributed by atoms with Gasteiger partial charge >= 0.3 is 0 Å². The third-order valence-electron chi connectivity index (χ3n) is 3.68. The molecule has 106 valence electrons. The average Bonchev–Trinajstić information content (AvgIpc) is 2.92. The van der Waals surface area contributed by atoms with Crippen LogP contribution in [0.3, 0.4) is 0 Å². The molecule has 20 heavy (non-hydrogen) atoms. The summed E-state index contributed by atoms with van der Waals surface area (Å²) in [5.41, 5.74) is 1.10. The Morgan fingerprint density at radius 1 is 1.40 bits per heavy atom. The van der Waals surface area contributed by atoms with Gasteiger partial charge in [-0.15, -0.1) is 10.2 Å². The lowest BCUT2D eigenvalue weighted by Crippen LogP contribution is -2.46. The van der Waals surface area contributed by atoms with Gasteiger partial charge in [0.25, 0.3) is 0 Å². The summed E-state index contributed by atoms with van der Waals surface area (Å²) in [5, 5.41) is 19.5. The predicted octanol–water partition coefficient (Wildman–Crippen LogP) is 0.364. The van der Waals surface area contributed by atoms with Crippen molar-refractivity contribution < 1.29 is 0 Å². The highest BCUT2D eigenvalue weighted by Crippen LogP contribution is 2.16. The van der Waals surface area contributed by atoms with Crippen molar-refractivity contribution in [2.24, 2.45) is 7.05 Å². The van der Waals surface area contributed by atoms with Crippen molar-refractivity contribution >= 4 is 5.82 Å². The second-order valence-electron chi connectivity index (χ2n) is 5.10. The zero-order valence-corrected chi connectivity index (χ0v) is 11.6. The molecule has 1 aliphatic rings. The summed E-state index contributed by atoms with van der Waals surface area (Å²) in [4.78, 5) is 2.29. The van der Waals surface area contributed by atoms with Crippen molar-refractivity contribution in [2.75, 3.05) is 18.0 Å². The highest BCUT2D eigenvalue weighted by molar-refractivity contribution is 5.37. The average molecular weight is 273 g/mol. The lowest BCUT2D eigenvalue weighted by Gasteiger charge is -2.33. The fourth-order valence-corrected chi connectivity index (χ4v) is 2.53. The molecule has 1 aliphatic heterocycles. The molecule has 0 aromatic carbocycles. The van der Waals surface area contributed by atoms with E-state index in [1.54, 1.807) is 17.1 Å². The van der Waals surface area contributed by atoms with Crippen LogP contribution in [0.1, 0.15) is 18.5 Å². The summed E-state index contributed by atoms with van der Waals surface area (Å²) < 4.78 is 1.80. The minimum atomic E-state index is 0.459. The number of hydrogen-bond donors (Lipinski definition) is 1. The van der Waals surface area contributed by atoms with E-state index in [0.717, 1.165) is 37.6 Å². The molecule has 1 saturated heterocycles. The number of nitrogens with one attached hydrogen (secondary N) is 1. The van der Waals surface area contributed by atoms with E-state index in [-0.39, 0.29) is 0 Å². The van der Waals surface area contributed by atoms with Crippen LogP contribution in [0, 0.1) is 0 Å². The molecule has 0 aliphatic carbocycles. The molecule has 0 radical (unpaired) electrons. The first-order valence-electron chi connectivity index (χ1n) is 6.92. The Balaban J connectivity index is 1.57. The second kappa shape index (κ2) is 5.96. The van der Waals surface area contributed by atoms with Crippen molar-refractivity contribution in [3.8, 4) is 0 Å². The third kappa shape index (κ3) is 2.93. The highest BCUT2D eigenvalue weighted by atomic mass is 15.4. The SMILES string of the molecule is Cn1nncc1CNC1CCCN(c2cccnn2)C1. The maximum atomic E-state index is 4.19. The van der Waals surface area contributed by atoms with Crippen molar-refractivity contribution in [2.45, 2.75) is 25.4 Å². The minimum absolute atomic E-state index is 0.459. The number of aryl methyl sites for hydroxylation is 1. The Hall–Kier alpha value is -2.02. The molecule has 0 spiro atoms. The standard InChI is InChI=1S/C13H19N7/c1-19-12(9-16-18-19)8-14-11-4-3-7-20(10-11)13-5-2-6-15-17-13/h2,5-6,9,11,14H,3-4,7-8,10H2,1H3. The van der Waals surface area contributed by atoms with Crippen molar-refractivity contribution in [1.29, 1.82) is 0 Å². The van der Waals surface area contributed by atoms with Gasteiger partial charge in [-0.1, -0.05) is 5.21 Å². The van der Waals surface area contributed by atoms with E-state index in [1.807, 2.05) is 19.2 Å². The van der Waals surface area contributed by atoms with Crippen molar-refractivity contribution in [3.63, 3.8) is 0 Å². The van der Waals surface area contributed by atoms with Crippen LogP contribution in [0.5, 0.6) is 0 Å². The first kappa shape index (κ1) is 13.0. The number of hydrogen-bond acceptors (Lipinski definition) is 6. The molecule has 1 fully saturated rings. The summed E-state index contributed by atoms with van der Waals surface area (Å²) in [6.45, 7) is 2.80. The first-order chi connectivity index (χ1) is 9.83. The molecule has 3 heterocycles. The van der Waals surface area contributed by atoms with Crippen LogP contribution in [0.15, 0.2) is 24.5 Å². The first-order valence-corrected chi connectivity index (χ1v) is 6.92. The molecule has 0 amide bonds. The lowest BCUT2D eigenvalue weighted by molar-refractivity contribution is 0.414. The smallest absolute Gasteiger partial charge is 0.151 e. The lowest BCUT2D eigenvalue weighted by atomic mass is 10.1. The quantitative estimate of drug-likeness (QED) is 0.867. The summed E-state index contributed by atoms with van der Waals surface area (Å²) in [5.74, 6) is 0.959. The number of nitrogens with zero attached hydrogens (tertiary/aromatic N) is 6. The molecular formula is C13H19N7. The van der Waals surface area contributed by atoms with Gasteiger partial charge in [0, 0.05) is 38.9 Å². The molecule has 0 bridgehead atoms. The zero-order valence-electron chi connectivity index (χ0n) is 11.6. The molecule has 1 unspecified atom stereocenters. The van der Waals surface area contributed by atoms with Gasteiger partial charge < -0.3 is 10.2 Å². The Bertz CT molecular complexity index is 539. The van der Waals surface area contributed by atoms with Gasteiger partial charge in [-0.25, -0.2) is 0 Å². The van der Waals surface area contributed by atoms with Gasteiger partial charge in [-0.2, -0.15) is 5.10 Å². The monoisotopic (exact) mass is 273 g/mol. The molecular weight excluding hydrogens is 254 g/mol. The van der Waals surface area contributed by atoms with Crippen LogP contribution < -0.4 is 10.2 Å². The van der Waals surface area contributed by atoms with E-state index in [2.05, 4.69) is 30.7 Å². The Labute approximate surface area is 118 Å². The molecule has 2 aromatic rings. The highest BCUT2D eigenvalue weighted by Gasteiger charge is 2.20. The minimum Gasteiger partial charge on any atom is -0.354 e. The largest absolute Gasteiger partial charge is 0.354 e. The molecule has 0 saturated carbocycles. The van der Waals surface area contributed by atoms with E-state index in [4.69, 9.17) is 0 Å². The molecule has 1 N–H and O–H groups in total. The summed E-state index contributed by atoms with van der Waals surface area (Å²) in [6.07, 6.45) is 5.86. The normalized spacial score (nSPS) is 19.2. The zero-order chi connectivity index (χ0) is 13.8. The molecule has 2 aromatic heterocycles. The summed E-state index contributed by atoms with van der Waals surface area (Å²) in [7, 11) is 1.91. The summed E-state index contributed by atoms with van der Waals surface area (Å²) >= 11 is 0. The van der Waals surface area contributed by atoms with E-state index in [0.29, 0.717) is 6.04 Å². The van der Waals surface area contributed by atoms with E-state index in [9.17, 15) is 0 Å². The number of aromatic nitrogens is 5. The van der Waals surface area contributed by atoms with E-state index >= 15 is 0 Å². The number of anilines is 1. The van der Waals surface area contributed by atoms with Crippen LogP contribution in [-0.4, -0.2) is 44.3 Å². The molecule has 7 heteroatoms. The van der Waals surface area contributed by atoms with Gasteiger partial charge in [0.1, 0.15) is 0 Å². The Morgan fingerprint density at radius 2 is 2.35 bits per heavy atom. The summed E-state index contributed by atoms with van der Waals surface area (Å²) in [6, 6.07) is 4.40. The third-order valence-corrected chi connectivity index (χ3v) is 3.68. The fourth-order valence-electron chi connectivity index (χ4n) is 2.53. The molecule has 7 nitrogen and oxygen atoms in total. The Kier molecular flexibility index (Phi) is 3.87. The van der Waals surface area contributed by atoms with Crippen molar-refractivity contribution in [1.82, 2.24) is 30.5 Å². The van der Waals surface area contributed by atoms with Gasteiger partial charge in [0.2, 0.25) is 0 Å². The van der Waals surface area contributed by atoms with Gasteiger partial charge in [-0.3, -0.25) is 4.68 Å².